The van der Waals surface area contributed by atoms with Gasteiger partial charge in [0.15, 0.2) is 11.5 Å². The first-order valence-electron chi connectivity index (χ1n) is 9.05. The Morgan fingerprint density at radius 2 is 1.86 bits per heavy atom. The minimum atomic E-state index is -0.527. The van der Waals surface area contributed by atoms with Gasteiger partial charge >= 0.3 is 11.6 Å². The molecule has 0 fully saturated rings. The SMILES string of the molecule is O=C(/C=C/c1ccc2c(c1)OCO2)Oc1ccc2c3c(c(=O)oc2c1)CCC3. The first-order valence-corrected chi connectivity index (χ1v) is 9.05. The van der Waals surface area contributed by atoms with Gasteiger partial charge in [0.25, 0.3) is 0 Å². The minimum absolute atomic E-state index is 0.200. The van der Waals surface area contributed by atoms with E-state index in [9.17, 15) is 9.59 Å². The zero-order chi connectivity index (χ0) is 19.1. The van der Waals surface area contributed by atoms with Gasteiger partial charge in [-0.3, -0.25) is 0 Å². The second-order valence-electron chi connectivity index (χ2n) is 6.73. The summed E-state index contributed by atoms with van der Waals surface area (Å²) in [6.45, 7) is 0.200. The summed E-state index contributed by atoms with van der Waals surface area (Å²) in [4.78, 5) is 24.2. The predicted molar refractivity (Wildman–Crippen MR) is 102 cm³/mol. The summed E-state index contributed by atoms with van der Waals surface area (Å²) in [5.74, 6) is 1.13. The van der Waals surface area contributed by atoms with E-state index in [4.69, 9.17) is 18.6 Å². The Bertz CT molecular complexity index is 1190. The lowest BCUT2D eigenvalue weighted by molar-refractivity contribution is -0.128. The quantitative estimate of drug-likeness (QED) is 0.301. The van der Waals surface area contributed by atoms with Crippen LogP contribution in [-0.2, 0) is 17.6 Å². The summed E-state index contributed by atoms with van der Waals surface area (Å²) in [5.41, 5.74) is 2.75. The molecule has 0 amide bonds. The Morgan fingerprint density at radius 3 is 2.79 bits per heavy atom. The molecule has 140 valence electrons. The van der Waals surface area contributed by atoms with Gasteiger partial charge < -0.3 is 18.6 Å². The van der Waals surface area contributed by atoms with E-state index in [1.54, 1.807) is 30.3 Å². The third kappa shape index (κ3) is 2.93. The Hall–Kier alpha value is -3.54. The van der Waals surface area contributed by atoms with Crippen molar-refractivity contribution in [2.45, 2.75) is 19.3 Å². The number of hydrogen-bond acceptors (Lipinski definition) is 6. The number of fused-ring (bicyclic) bond motifs is 4. The average molecular weight is 376 g/mol. The van der Waals surface area contributed by atoms with E-state index < -0.39 is 5.97 Å². The van der Waals surface area contributed by atoms with Crippen LogP contribution in [0.5, 0.6) is 17.2 Å². The summed E-state index contributed by atoms with van der Waals surface area (Å²) in [6.07, 6.45) is 5.56. The van der Waals surface area contributed by atoms with E-state index in [1.165, 1.54) is 6.08 Å². The van der Waals surface area contributed by atoms with E-state index in [2.05, 4.69) is 0 Å². The molecule has 1 aromatic heterocycles. The van der Waals surface area contributed by atoms with Gasteiger partial charge in [-0.15, -0.1) is 0 Å². The van der Waals surface area contributed by atoms with Crippen molar-refractivity contribution < 1.29 is 23.4 Å². The van der Waals surface area contributed by atoms with Gasteiger partial charge in [-0.05, 0) is 60.7 Å². The molecule has 2 aliphatic rings. The highest BCUT2D eigenvalue weighted by molar-refractivity contribution is 5.90. The number of ether oxygens (including phenoxy) is 3. The van der Waals surface area contributed by atoms with E-state index in [1.807, 2.05) is 12.1 Å². The van der Waals surface area contributed by atoms with Crippen molar-refractivity contribution in [3.8, 4) is 17.2 Å². The molecule has 0 bridgehead atoms. The van der Waals surface area contributed by atoms with Crippen LogP contribution in [0.3, 0.4) is 0 Å². The molecule has 1 aliphatic carbocycles. The summed E-state index contributed by atoms with van der Waals surface area (Å²) in [5, 5.41) is 0.905. The van der Waals surface area contributed by atoms with Gasteiger partial charge in [0.1, 0.15) is 11.3 Å². The van der Waals surface area contributed by atoms with Crippen LogP contribution in [0.2, 0.25) is 0 Å². The van der Waals surface area contributed by atoms with Crippen molar-refractivity contribution in [1.82, 2.24) is 0 Å². The maximum absolute atomic E-state index is 12.2. The molecule has 0 saturated carbocycles. The van der Waals surface area contributed by atoms with Crippen molar-refractivity contribution in [2.75, 3.05) is 6.79 Å². The van der Waals surface area contributed by atoms with E-state index in [0.29, 0.717) is 22.8 Å². The van der Waals surface area contributed by atoms with Gasteiger partial charge in [-0.1, -0.05) is 6.07 Å². The van der Waals surface area contributed by atoms with Crippen molar-refractivity contribution in [2.24, 2.45) is 0 Å². The summed E-state index contributed by atoms with van der Waals surface area (Å²) >= 11 is 0. The summed E-state index contributed by atoms with van der Waals surface area (Å²) < 4.78 is 21.3. The number of aryl methyl sites for hydroxylation is 1. The van der Waals surface area contributed by atoms with Gasteiger partial charge in [-0.2, -0.15) is 0 Å². The first kappa shape index (κ1) is 16.6. The third-order valence-corrected chi connectivity index (χ3v) is 4.97. The minimum Gasteiger partial charge on any atom is -0.454 e. The molecule has 6 nitrogen and oxygen atoms in total. The maximum atomic E-state index is 12.2. The molecule has 6 heteroatoms. The van der Waals surface area contributed by atoms with Crippen molar-refractivity contribution in [3.63, 3.8) is 0 Å². The first-order chi connectivity index (χ1) is 13.7. The van der Waals surface area contributed by atoms with Crippen molar-refractivity contribution >= 4 is 23.0 Å². The van der Waals surface area contributed by atoms with Crippen LogP contribution in [0.15, 0.2) is 51.7 Å². The molecule has 28 heavy (non-hydrogen) atoms. The van der Waals surface area contributed by atoms with Gasteiger partial charge in [0.05, 0.1) is 0 Å². The van der Waals surface area contributed by atoms with E-state index in [-0.39, 0.29) is 12.4 Å². The van der Waals surface area contributed by atoms with Crippen LogP contribution < -0.4 is 19.8 Å². The van der Waals surface area contributed by atoms with E-state index in [0.717, 1.165) is 41.3 Å². The largest absolute Gasteiger partial charge is 0.454 e. The highest BCUT2D eigenvalue weighted by Gasteiger charge is 2.20. The normalized spacial score (nSPS) is 14.6. The standard InChI is InChI=1S/C22H16O6/c23-21(9-5-13-4-8-18-20(10-13)26-12-25-18)27-14-6-7-16-15-2-1-3-17(15)22(24)28-19(16)11-14/h4-11H,1-3,12H2/b9-5+. The number of benzene rings is 2. The molecular formula is C22H16O6. The number of rotatable bonds is 3. The fraction of sp³-hybridized carbons (Fsp3) is 0.182. The Kier molecular flexibility index (Phi) is 3.90. The molecule has 0 unspecified atom stereocenters. The van der Waals surface area contributed by atoms with Crippen LogP contribution in [-0.4, -0.2) is 12.8 Å². The highest BCUT2D eigenvalue weighted by atomic mass is 16.7. The number of esters is 1. The lowest BCUT2D eigenvalue weighted by Gasteiger charge is -2.06. The number of hydrogen-bond donors (Lipinski definition) is 0. The highest BCUT2D eigenvalue weighted by Crippen LogP contribution is 2.33. The molecule has 0 radical (unpaired) electrons. The Labute approximate surface area is 159 Å². The second kappa shape index (κ2) is 6.56. The lowest BCUT2D eigenvalue weighted by atomic mass is 10.1. The van der Waals surface area contributed by atoms with Crippen molar-refractivity contribution in [1.29, 1.82) is 0 Å². The maximum Gasteiger partial charge on any atom is 0.339 e. The average Bonchev–Trinajstić information content (AvgIpc) is 3.35. The van der Waals surface area contributed by atoms with Crippen LogP contribution in [0.4, 0.5) is 0 Å². The molecule has 0 spiro atoms. The van der Waals surface area contributed by atoms with Crippen LogP contribution in [0.1, 0.15) is 23.1 Å². The number of carbonyl (C=O) groups excluding carboxylic acids is 1. The van der Waals surface area contributed by atoms with Crippen LogP contribution in [0.25, 0.3) is 17.0 Å². The molecule has 0 N–H and O–H groups in total. The molecule has 0 saturated heterocycles. The lowest BCUT2D eigenvalue weighted by Crippen LogP contribution is -2.07. The van der Waals surface area contributed by atoms with Gasteiger partial charge in [0.2, 0.25) is 6.79 Å². The third-order valence-electron chi connectivity index (χ3n) is 4.97. The van der Waals surface area contributed by atoms with Crippen LogP contribution in [0, 0.1) is 0 Å². The Balaban J connectivity index is 1.35. The molecule has 2 heterocycles. The zero-order valence-electron chi connectivity index (χ0n) is 14.9. The fourth-order valence-corrected chi connectivity index (χ4v) is 3.66. The smallest absolute Gasteiger partial charge is 0.339 e. The predicted octanol–water partition coefficient (Wildman–Crippen LogP) is 3.63. The molecular weight excluding hydrogens is 360 g/mol. The molecule has 0 atom stereocenters. The van der Waals surface area contributed by atoms with Gasteiger partial charge in [0, 0.05) is 23.1 Å². The molecule has 1 aliphatic heterocycles. The zero-order valence-corrected chi connectivity index (χ0v) is 14.9. The number of carbonyl (C=O) groups is 1. The van der Waals surface area contributed by atoms with Gasteiger partial charge in [-0.25, -0.2) is 9.59 Å². The monoisotopic (exact) mass is 376 g/mol. The second-order valence-corrected chi connectivity index (χ2v) is 6.73. The fourth-order valence-electron chi connectivity index (χ4n) is 3.66. The van der Waals surface area contributed by atoms with Crippen molar-refractivity contribution in [3.05, 3.63) is 69.6 Å². The topological polar surface area (TPSA) is 75.0 Å². The Morgan fingerprint density at radius 1 is 1.00 bits per heavy atom. The molecule has 5 rings (SSSR count). The van der Waals surface area contributed by atoms with E-state index >= 15 is 0 Å². The summed E-state index contributed by atoms with van der Waals surface area (Å²) in [6, 6.07) is 10.5. The molecule has 2 aromatic carbocycles. The molecule has 3 aromatic rings. The van der Waals surface area contributed by atoms with Crippen LogP contribution >= 0.6 is 0 Å². The summed E-state index contributed by atoms with van der Waals surface area (Å²) in [7, 11) is 0.